The number of benzene rings is 2. The third-order valence-corrected chi connectivity index (χ3v) is 4.22. The van der Waals surface area contributed by atoms with E-state index < -0.39 is 0 Å². The Morgan fingerprint density at radius 1 is 1.16 bits per heavy atom. The monoisotopic (exact) mass is 340 g/mol. The Balaban J connectivity index is 1.79. The van der Waals surface area contributed by atoms with Crippen LogP contribution in [-0.2, 0) is 17.8 Å². The van der Waals surface area contributed by atoms with Gasteiger partial charge in [0.1, 0.15) is 5.75 Å². The van der Waals surface area contributed by atoms with E-state index >= 15 is 0 Å². The van der Waals surface area contributed by atoms with Crippen LogP contribution in [0.3, 0.4) is 0 Å². The van der Waals surface area contributed by atoms with Crippen molar-refractivity contribution in [2.75, 3.05) is 20.7 Å². The van der Waals surface area contributed by atoms with Gasteiger partial charge in [0, 0.05) is 12.6 Å². The Kier molecular flexibility index (Phi) is 7.02. The number of rotatable bonds is 8. The van der Waals surface area contributed by atoms with Crippen LogP contribution in [-0.4, -0.2) is 37.6 Å². The first kappa shape index (κ1) is 19.0. The molecule has 134 valence electrons. The molecule has 0 aliphatic rings. The lowest BCUT2D eigenvalue weighted by atomic mass is 10.0. The van der Waals surface area contributed by atoms with Crippen LogP contribution in [0.25, 0.3) is 0 Å². The van der Waals surface area contributed by atoms with Crippen LogP contribution >= 0.6 is 0 Å². The van der Waals surface area contributed by atoms with Gasteiger partial charge in [-0.25, -0.2) is 0 Å². The Labute approximate surface area is 150 Å². The molecule has 0 bridgehead atoms. The van der Waals surface area contributed by atoms with Crippen molar-refractivity contribution in [3.8, 4) is 5.75 Å². The smallest absolute Gasteiger partial charge is 0.234 e. The maximum absolute atomic E-state index is 12.3. The summed E-state index contributed by atoms with van der Waals surface area (Å²) in [6.45, 7) is 5.26. The zero-order valence-electron chi connectivity index (χ0n) is 15.6. The minimum Gasteiger partial charge on any atom is -0.497 e. The summed E-state index contributed by atoms with van der Waals surface area (Å²) in [7, 11) is 3.61. The van der Waals surface area contributed by atoms with Gasteiger partial charge in [-0.3, -0.25) is 9.69 Å². The summed E-state index contributed by atoms with van der Waals surface area (Å²) >= 11 is 0. The van der Waals surface area contributed by atoms with Crippen LogP contribution in [0.4, 0.5) is 0 Å². The van der Waals surface area contributed by atoms with Gasteiger partial charge >= 0.3 is 0 Å². The normalized spacial score (nSPS) is 12.0. The molecule has 0 saturated heterocycles. The van der Waals surface area contributed by atoms with Crippen LogP contribution < -0.4 is 10.1 Å². The Bertz CT molecular complexity index is 683. The van der Waals surface area contributed by atoms with Gasteiger partial charge in [-0.05, 0) is 56.1 Å². The fraction of sp³-hybridized carbons (Fsp3) is 0.381. The molecule has 0 radical (unpaired) electrons. The fourth-order valence-electron chi connectivity index (χ4n) is 2.88. The molecule has 2 aromatic carbocycles. The summed E-state index contributed by atoms with van der Waals surface area (Å²) in [5.41, 5.74) is 3.70. The molecule has 1 atom stereocenters. The van der Waals surface area contributed by atoms with Gasteiger partial charge in [-0.2, -0.15) is 0 Å². The fourth-order valence-corrected chi connectivity index (χ4v) is 2.88. The molecule has 25 heavy (non-hydrogen) atoms. The van der Waals surface area contributed by atoms with E-state index in [9.17, 15) is 4.79 Å². The molecule has 4 heteroatoms. The van der Waals surface area contributed by atoms with E-state index in [1.54, 1.807) is 7.11 Å². The first-order chi connectivity index (χ1) is 12.0. The Morgan fingerprint density at radius 3 is 2.48 bits per heavy atom. The van der Waals surface area contributed by atoms with Gasteiger partial charge in [0.2, 0.25) is 5.91 Å². The lowest BCUT2D eigenvalue weighted by Gasteiger charge is -2.19. The SMILES string of the molecule is COc1ccc(CN(C)CC(=O)N[C@H](C)Cc2ccccc2C)cc1. The van der Waals surface area contributed by atoms with Gasteiger partial charge in [-0.15, -0.1) is 0 Å². The number of hydrogen-bond acceptors (Lipinski definition) is 3. The second-order valence-electron chi connectivity index (χ2n) is 6.62. The number of carbonyl (C=O) groups is 1. The topological polar surface area (TPSA) is 41.6 Å². The minimum absolute atomic E-state index is 0.0529. The molecule has 0 heterocycles. The van der Waals surface area contributed by atoms with E-state index in [1.165, 1.54) is 11.1 Å². The number of hydrogen-bond donors (Lipinski definition) is 1. The summed E-state index contributed by atoms with van der Waals surface area (Å²) in [4.78, 5) is 14.3. The zero-order valence-corrected chi connectivity index (χ0v) is 15.6. The van der Waals surface area contributed by atoms with Crippen molar-refractivity contribution in [3.63, 3.8) is 0 Å². The van der Waals surface area contributed by atoms with Crippen molar-refractivity contribution in [3.05, 3.63) is 65.2 Å². The largest absolute Gasteiger partial charge is 0.497 e. The lowest BCUT2D eigenvalue weighted by Crippen LogP contribution is -2.40. The van der Waals surface area contributed by atoms with Crippen molar-refractivity contribution in [1.82, 2.24) is 10.2 Å². The molecule has 2 aromatic rings. The van der Waals surface area contributed by atoms with Crippen LogP contribution in [0.2, 0.25) is 0 Å². The number of likely N-dealkylation sites (N-methyl/N-ethyl adjacent to an activating group) is 1. The quantitative estimate of drug-likeness (QED) is 0.802. The second kappa shape index (κ2) is 9.23. The van der Waals surface area contributed by atoms with Crippen molar-refractivity contribution < 1.29 is 9.53 Å². The molecule has 0 aromatic heterocycles. The maximum Gasteiger partial charge on any atom is 0.234 e. The van der Waals surface area contributed by atoms with E-state index in [1.807, 2.05) is 55.3 Å². The predicted octanol–water partition coefficient (Wildman–Crippen LogP) is 3.18. The molecule has 0 unspecified atom stereocenters. The molecular formula is C21H28N2O2. The highest BCUT2D eigenvalue weighted by molar-refractivity contribution is 5.78. The maximum atomic E-state index is 12.3. The van der Waals surface area contributed by atoms with Gasteiger partial charge < -0.3 is 10.1 Å². The van der Waals surface area contributed by atoms with Crippen molar-refractivity contribution >= 4 is 5.91 Å². The van der Waals surface area contributed by atoms with Crippen LogP contribution in [0, 0.1) is 6.92 Å². The number of carbonyl (C=O) groups excluding carboxylic acids is 1. The minimum atomic E-state index is 0.0529. The Hall–Kier alpha value is -2.33. The van der Waals surface area contributed by atoms with E-state index in [4.69, 9.17) is 4.74 Å². The molecule has 0 saturated carbocycles. The van der Waals surface area contributed by atoms with Crippen molar-refractivity contribution in [1.29, 1.82) is 0 Å². The number of amides is 1. The molecular weight excluding hydrogens is 312 g/mol. The lowest BCUT2D eigenvalue weighted by molar-refractivity contribution is -0.122. The third-order valence-electron chi connectivity index (χ3n) is 4.22. The zero-order chi connectivity index (χ0) is 18.2. The molecule has 1 N–H and O–H groups in total. The number of nitrogens with zero attached hydrogens (tertiary/aromatic N) is 1. The van der Waals surface area contributed by atoms with E-state index in [0.717, 1.165) is 24.3 Å². The first-order valence-electron chi connectivity index (χ1n) is 8.63. The average Bonchev–Trinajstić information content (AvgIpc) is 2.57. The van der Waals surface area contributed by atoms with E-state index in [2.05, 4.69) is 24.4 Å². The van der Waals surface area contributed by atoms with Crippen molar-refractivity contribution in [2.45, 2.75) is 32.9 Å². The van der Waals surface area contributed by atoms with Gasteiger partial charge in [0.15, 0.2) is 0 Å². The van der Waals surface area contributed by atoms with Crippen LogP contribution in [0.15, 0.2) is 48.5 Å². The van der Waals surface area contributed by atoms with E-state index in [0.29, 0.717) is 6.54 Å². The highest BCUT2D eigenvalue weighted by Gasteiger charge is 2.12. The summed E-state index contributed by atoms with van der Waals surface area (Å²) in [6, 6.07) is 16.3. The highest BCUT2D eigenvalue weighted by Crippen LogP contribution is 2.12. The summed E-state index contributed by atoms with van der Waals surface area (Å²) in [6.07, 6.45) is 0.848. The average molecular weight is 340 g/mol. The first-order valence-corrected chi connectivity index (χ1v) is 8.63. The van der Waals surface area contributed by atoms with Gasteiger partial charge in [-0.1, -0.05) is 36.4 Å². The summed E-state index contributed by atoms with van der Waals surface area (Å²) < 4.78 is 5.16. The molecule has 4 nitrogen and oxygen atoms in total. The molecule has 0 aliphatic heterocycles. The molecule has 0 aliphatic carbocycles. The summed E-state index contributed by atoms with van der Waals surface area (Å²) in [5, 5.41) is 3.09. The molecule has 2 rings (SSSR count). The third kappa shape index (κ3) is 6.24. The second-order valence-corrected chi connectivity index (χ2v) is 6.62. The predicted molar refractivity (Wildman–Crippen MR) is 102 cm³/mol. The van der Waals surface area contributed by atoms with Gasteiger partial charge in [0.05, 0.1) is 13.7 Å². The number of aryl methyl sites for hydroxylation is 1. The molecule has 0 spiro atoms. The number of nitrogens with one attached hydrogen (secondary N) is 1. The summed E-state index contributed by atoms with van der Waals surface area (Å²) in [5.74, 6) is 0.895. The standard InChI is InChI=1S/C21H28N2O2/c1-16-7-5-6-8-19(16)13-17(2)22-21(24)15-23(3)14-18-9-11-20(25-4)12-10-18/h5-12,17H,13-15H2,1-4H3,(H,22,24)/t17-/m1/s1. The number of methoxy groups -OCH3 is 1. The van der Waals surface area contributed by atoms with Crippen LogP contribution in [0.1, 0.15) is 23.6 Å². The van der Waals surface area contributed by atoms with Crippen LogP contribution in [0.5, 0.6) is 5.75 Å². The van der Waals surface area contributed by atoms with Gasteiger partial charge in [0.25, 0.3) is 0 Å². The molecule has 1 amide bonds. The molecule has 0 fully saturated rings. The van der Waals surface area contributed by atoms with Crippen molar-refractivity contribution in [2.24, 2.45) is 0 Å². The Morgan fingerprint density at radius 2 is 1.84 bits per heavy atom. The number of ether oxygens (including phenoxy) is 1. The highest BCUT2D eigenvalue weighted by atomic mass is 16.5. The van der Waals surface area contributed by atoms with E-state index in [-0.39, 0.29) is 11.9 Å².